The van der Waals surface area contributed by atoms with Crippen molar-refractivity contribution in [2.45, 2.75) is 0 Å². The van der Waals surface area contributed by atoms with E-state index in [1.165, 1.54) is 12.1 Å². The smallest absolute Gasteiger partial charge is 0.329 e. The van der Waals surface area contributed by atoms with E-state index in [1.807, 2.05) is 0 Å². The van der Waals surface area contributed by atoms with Crippen molar-refractivity contribution in [2.24, 2.45) is 0 Å². The normalized spacial score (nSPS) is 14.8. The van der Waals surface area contributed by atoms with E-state index < -0.39 is 40.8 Å². The van der Waals surface area contributed by atoms with Gasteiger partial charge in [0, 0.05) is 16.2 Å². The van der Waals surface area contributed by atoms with Crippen LogP contribution in [0.25, 0.3) is 6.08 Å². The van der Waals surface area contributed by atoms with Gasteiger partial charge in [-0.25, -0.2) is 9.69 Å². The maximum absolute atomic E-state index is 12.4. The third kappa shape index (κ3) is 4.58. The number of aromatic hydroxyl groups is 1. The zero-order chi connectivity index (χ0) is 21.1. The number of carbonyl (C=O) groups is 3. The quantitative estimate of drug-likeness (QED) is 0.271. The summed E-state index contributed by atoms with van der Waals surface area (Å²) in [5, 5.41) is 25.3. The molecule has 1 heterocycles. The number of hydrogen-bond donors (Lipinski definition) is 3. The SMILES string of the molecule is O=C(CN1C(=O)N/C(=C\c2ccc(O)c([N+](=O)[O-])c2)C1=O)Nc1ccc(Br)cc1. The van der Waals surface area contributed by atoms with Crippen LogP contribution in [-0.2, 0) is 9.59 Å². The molecule has 0 aromatic heterocycles. The number of anilines is 1. The Bertz CT molecular complexity index is 1050. The molecule has 1 aliphatic heterocycles. The molecule has 3 N–H and O–H groups in total. The molecule has 0 aliphatic carbocycles. The largest absolute Gasteiger partial charge is 0.502 e. The second-order valence-electron chi connectivity index (χ2n) is 5.94. The molecular weight excluding hydrogens is 448 g/mol. The lowest BCUT2D eigenvalue weighted by molar-refractivity contribution is -0.385. The van der Waals surface area contributed by atoms with Crippen molar-refractivity contribution in [3.8, 4) is 5.75 Å². The fourth-order valence-electron chi connectivity index (χ4n) is 2.54. The van der Waals surface area contributed by atoms with Crippen LogP contribution in [0.3, 0.4) is 0 Å². The van der Waals surface area contributed by atoms with Crippen LogP contribution in [0.2, 0.25) is 0 Å². The molecule has 0 radical (unpaired) electrons. The number of nitro benzene ring substituents is 1. The molecular formula is C18H13BrN4O6. The summed E-state index contributed by atoms with van der Waals surface area (Å²) in [6.07, 6.45) is 1.22. The molecule has 1 aliphatic rings. The van der Waals surface area contributed by atoms with Crippen LogP contribution in [0.15, 0.2) is 52.6 Å². The number of urea groups is 1. The highest BCUT2D eigenvalue weighted by Crippen LogP contribution is 2.27. The van der Waals surface area contributed by atoms with E-state index in [0.29, 0.717) is 5.69 Å². The Labute approximate surface area is 172 Å². The molecule has 3 rings (SSSR count). The standard InChI is InChI=1S/C18H13BrN4O6/c19-11-2-4-12(5-3-11)20-16(25)9-22-17(26)13(21-18(22)27)7-10-1-6-15(24)14(8-10)23(28)29/h1-8,24H,9H2,(H,20,25)(H,21,27)/b13-7-. The highest BCUT2D eigenvalue weighted by Gasteiger charge is 2.35. The van der Waals surface area contributed by atoms with Gasteiger partial charge in [-0.1, -0.05) is 22.0 Å². The molecule has 0 bridgehead atoms. The Morgan fingerprint density at radius 2 is 1.93 bits per heavy atom. The molecule has 11 heteroatoms. The summed E-state index contributed by atoms with van der Waals surface area (Å²) in [6, 6.07) is 9.47. The van der Waals surface area contributed by atoms with Gasteiger partial charge < -0.3 is 15.7 Å². The Kier molecular flexibility index (Phi) is 5.59. The number of imide groups is 1. The third-order valence-corrected chi connectivity index (χ3v) is 4.43. The number of nitrogens with one attached hydrogen (secondary N) is 2. The van der Waals surface area contributed by atoms with E-state index in [0.717, 1.165) is 21.5 Å². The zero-order valence-corrected chi connectivity index (χ0v) is 16.2. The summed E-state index contributed by atoms with van der Waals surface area (Å²) in [5.74, 6) is -1.85. The van der Waals surface area contributed by atoms with Crippen LogP contribution in [0.4, 0.5) is 16.2 Å². The molecule has 1 saturated heterocycles. The number of hydrogen-bond acceptors (Lipinski definition) is 6. The summed E-state index contributed by atoms with van der Waals surface area (Å²) in [5.41, 5.74) is 0.0324. The lowest BCUT2D eigenvalue weighted by Crippen LogP contribution is -2.38. The molecule has 4 amide bonds. The maximum Gasteiger partial charge on any atom is 0.329 e. The van der Waals surface area contributed by atoms with E-state index in [9.17, 15) is 29.6 Å². The summed E-state index contributed by atoms with van der Waals surface area (Å²) in [4.78, 5) is 47.5. The molecule has 2 aromatic rings. The Morgan fingerprint density at radius 1 is 1.24 bits per heavy atom. The molecule has 0 saturated carbocycles. The number of amides is 4. The fraction of sp³-hybridized carbons (Fsp3) is 0.0556. The number of nitrogens with zero attached hydrogens (tertiary/aromatic N) is 2. The average molecular weight is 461 g/mol. The van der Waals surface area contributed by atoms with E-state index in [2.05, 4.69) is 26.6 Å². The van der Waals surface area contributed by atoms with Crippen molar-refractivity contribution in [2.75, 3.05) is 11.9 Å². The summed E-state index contributed by atoms with van der Waals surface area (Å²) < 4.78 is 0.828. The van der Waals surface area contributed by atoms with Gasteiger partial charge in [0.15, 0.2) is 5.75 Å². The van der Waals surface area contributed by atoms with Crippen molar-refractivity contribution in [3.63, 3.8) is 0 Å². The predicted octanol–water partition coefficient (Wildman–Crippen LogP) is 2.59. The lowest BCUT2D eigenvalue weighted by Gasteiger charge is -2.12. The highest BCUT2D eigenvalue weighted by molar-refractivity contribution is 9.10. The number of halogens is 1. The van der Waals surface area contributed by atoms with Crippen LogP contribution in [0, 0.1) is 10.1 Å². The number of phenols is 1. The summed E-state index contributed by atoms with van der Waals surface area (Å²) in [6.45, 7) is -0.506. The van der Waals surface area contributed by atoms with Gasteiger partial charge in [0.2, 0.25) is 5.91 Å². The molecule has 2 aromatic carbocycles. The zero-order valence-electron chi connectivity index (χ0n) is 14.6. The molecule has 148 valence electrons. The van der Waals surface area contributed by atoms with Gasteiger partial charge in [-0.05, 0) is 42.0 Å². The first kappa shape index (κ1) is 20.0. The number of benzene rings is 2. The fourth-order valence-corrected chi connectivity index (χ4v) is 2.80. The highest BCUT2D eigenvalue weighted by atomic mass is 79.9. The third-order valence-electron chi connectivity index (χ3n) is 3.90. The van der Waals surface area contributed by atoms with Gasteiger partial charge in [-0.2, -0.15) is 0 Å². The molecule has 0 atom stereocenters. The molecule has 0 spiro atoms. The second-order valence-corrected chi connectivity index (χ2v) is 6.86. The maximum atomic E-state index is 12.4. The molecule has 10 nitrogen and oxygen atoms in total. The van der Waals surface area contributed by atoms with Crippen LogP contribution in [0.5, 0.6) is 5.75 Å². The van der Waals surface area contributed by atoms with Crippen molar-refractivity contribution in [3.05, 3.63) is 68.3 Å². The van der Waals surface area contributed by atoms with E-state index in [-0.39, 0.29) is 11.3 Å². The van der Waals surface area contributed by atoms with Crippen molar-refractivity contribution >= 4 is 51.2 Å². The first-order valence-corrected chi connectivity index (χ1v) is 8.91. The molecule has 1 fully saturated rings. The summed E-state index contributed by atoms with van der Waals surface area (Å²) in [7, 11) is 0. The Balaban J connectivity index is 1.73. The van der Waals surface area contributed by atoms with Crippen LogP contribution < -0.4 is 10.6 Å². The van der Waals surface area contributed by atoms with Crippen LogP contribution >= 0.6 is 15.9 Å². The van der Waals surface area contributed by atoms with Gasteiger partial charge in [-0.3, -0.25) is 19.7 Å². The van der Waals surface area contributed by atoms with E-state index in [4.69, 9.17) is 0 Å². The topological polar surface area (TPSA) is 142 Å². The number of rotatable bonds is 5. The van der Waals surface area contributed by atoms with Crippen molar-refractivity contribution < 1.29 is 24.4 Å². The van der Waals surface area contributed by atoms with Gasteiger partial charge in [0.25, 0.3) is 5.91 Å². The van der Waals surface area contributed by atoms with E-state index in [1.54, 1.807) is 24.3 Å². The number of nitro groups is 1. The van der Waals surface area contributed by atoms with Crippen LogP contribution in [0.1, 0.15) is 5.56 Å². The van der Waals surface area contributed by atoms with Gasteiger partial charge >= 0.3 is 11.7 Å². The average Bonchev–Trinajstić information content (AvgIpc) is 2.92. The predicted molar refractivity (Wildman–Crippen MR) is 106 cm³/mol. The van der Waals surface area contributed by atoms with Gasteiger partial charge in [-0.15, -0.1) is 0 Å². The van der Waals surface area contributed by atoms with Crippen molar-refractivity contribution in [1.29, 1.82) is 0 Å². The molecule has 0 unspecified atom stereocenters. The molecule has 29 heavy (non-hydrogen) atoms. The summed E-state index contributed by atoms with van der Waals surface area (Å²) >= 11 is 3.27. The van der Waals surface area contributed by atoms with Crippen molar-refractivity contribution in [1.82, 2.24) is 10.2 Å². The Morgan fingerprint density at radius 3 is 2.59 bits per heavy atom. The first-order valence-electron chi connectivity index (χ1n) is 8.12. The second kappa shape index (κ2) is 8.10. The van der Waals surface area contributed by atoms with E-state index >= 15 is 0 Å². The first-order chi connectivity index (χ1) is 13.7. The minimum Gasteiger partial charge on any atom is -0.502 e. The van der Waals surface area contributed by atoms with Gasteiger partial charge in [0.1, 0.15) is 12.2 Å². The lowest BCUT2D eigenvalue weighted by atomic mass is 10.1. The van der Waals surface area contributed by atoms with Crippen LogP contribution in [-0.4, -0.2) is 39.3 Å². The Hall–Kier alpha value is -3.73. The number of phenolic OH excluding ortho intramolecular Hbond substituents is 1. The number of carbonyl (C=O) groups excluding carboxylic acids is 3. The minimum absolute atomic E-state index is 0.147. The monoisotopic (exact) mass is 460 g/mol. The minimum atomic E-state index is -0.791. The van der Waals surface area contributed by atoms with Gasteiger partial charge in [0.05, 0.1) is 4.92 Å².